The first-order valence-electron chi connectivity index (χ1n) is 8.58. The van der Waals surface area contributed by atoms with E-state index in [1.54, 1.807) is 13.0 Å². The van der Waals surface area contributed by atoms with Crippen LogP contribution >= 0.6 is 0 Å². The lowest BCUT2D eigenvalue weighted by Gasteiger charge is -2.11. The molecule has 5 nitrogen and oxygen atoms in total. The molecule has 0 saturated carbocycles. The molecule has 2 aromatic heterocycles. The summed E-state index contributed by atoms with van der Waals surface area (Å²) >= 11 is 0. The van der Waals surface area contributed by atoms with E-state index in [0.29, 0.717) is 12.3 Å². The third-order valence-electron chi connectivity index (χ3n) is 4.08. The van der Waals surface area contributed by atoms with E-state index < -0.39 is 0 Å². The summed E-state index contributed by atoms with van der Waals surface area (Å²) in [4.78, 5) is 19.6. The van der Waals surface area contributed by atoms with Crippen LogP contribution in [0, 0.1) is 0 Å². The predicted octanol–water partition coefficient (Wildman–Crippen LogP) is 4.58. The molecule has 0 bridgehead atoms. The van der Waals surface area contributed by atoms with Gasteiger partial charge in [0.1, 0.15) is 5.69 Å². The maximum atomic E-state index is 11.4. The molecule has 0 aliphatic carbocycles. The van der Waals surface area contributed by atoms with Gasteiger partial charge in [-0.1, -0.05) is 18.2 Å². The number of carbonyl (C=O) groups is 1. The summed E-state index contributed by atoms with van der Waals surface area (Å²) in [6, 6.07) is 18.0. The number of nitrogens with one attached hydrogen (secondary N) is 2. The van der Waals surface area contributed by atoms with Gasteiger partial charge in [-0.15, -0.1) is 0 Å². The van der Waals surface area contributed by atoms with Crippen molar-refractivity contribution < 1.29 is 9.53 Å². The Hall–Kier alpha value is -3.21. The normalized spacial score (nSPS) is 10.4. The van der Waals surface area contributed by atoms with E-state index in [1.807, 2.05) is 44.6 Å². The van der Waals surface area contributed by atoms with Crippen molar-refractivity contribution in [2.75, 3.05) is 25.6 Å². The summed E-state index contributed by atoms with van der Waals surface area (Å²) in [5, 5.41) is 2.29. The molecular formula is C21H23N3O2. The Morgan fingerprint density at radius 2 is 1.77 bits per heavy atom. The molecule has 0 saturated heterocycles. The lowest BCUT2D eigenvalue weighted by molar-refractivity contribution is 0.0520. The second kappa shape index (κ2) is 7.78. The monoisotopic (exact) mass is 349 g/mol. The molecule has 0 fully saturated rings. The van der Waals surface area contributed by atoms with Crippen molar-refractivity contribution in [1.82, 2.24) is 9.97 Å². The molecule has 0 aliphatic heterocycles. The zero-order valence-corrected chi connectivity index (χ0v) is 15.2. The molecule has 2 aromatic carbocycles. The smallest absolute Gasteiger partial charge is 0.354 e. The maximum absolute atomic E-state index is 11.4. The summed E-state index contributed by atoms with van der Waals surface area (Å²) in [6.07, 6.45) is 1.96. The van der Waals surface area contributed by atoms with Crippen LogP contribution in [-0.4, -0.2) is 36.6 Å². The van der Waals surface area contributed by atoms with Crippen molar-refractivity contribution in [2.24, 2.45) is 0 Å². The zero-order chi connectivity index (χ0) is 18.5. The molecule has 4 aromatic rings. The van der Waals surface area contributed by atoms with Crippen molar-refractivity contribution in [1.29, 1.82) is 0 Å². The number of fused-ring (bicyclic) bond motifs is 2. The van der Waals surface area contributed by atoms with Gasteiger partial charge < -0.3 is 19.6 Å². The Labute approximate surface area is 152 Å². The second-order valence-electron chi connectivity index (χ2n) is 6.13. The van der Waals surface area contributed by atoms with Gasteiger partial charge in [-0.2, -0.15) is 0 Å². The van der Waals surface area contributed by atoms with Gasteiger partial charge in [0.05, 0.1) is 6.61 Å². The first kappa shape index (κ1) is 17.6. The van der Waals surface area contributed by atoms with Crippen LogP contribution < -0.4 is 4.90 Å². The number of aromatic nitrogens is 2. The highest BCUT2D eigenvalue weighted by Gasteiger charge is 2.09. The number of nitrogens with zero attached hydrogens (tertiary/aromatic N) is 1. The topological polar surface area (TPSA) is 61.1 Å². The van der Waals surface area contributed by atoms with E-state index in [0.717, 1.165) is 10.9 Å². The van der Waals surface area contributed by atoms with Crippen LogP contribution in [0.1, 0.15) is 17.4 Å². The van der Waals surface area contributed by atoms with Gasteiger partial charge in [0.25, 0.3) is 0 Å². The average molecular weight is 349 g/mol. The van der Waals surface area contributed by atoms with Gasteiger partial charge in [-0.05, 0) is 43.3 Å². The van der Waals surface area contributed by atoms with Crippen LogP contribution in [-0.2, 0) is 4.74 Å². The van der Waals surface area contributed by atoms with Gasteiger partial charge >= 0.3 is 5.97 Å². The molecule has 5 heteroatoms. The first-order chi connectivity index (χ1) is 12.6. The van der Waals surface area contributed by atoms with E-state index >= 15 is 0 Å². The van der Waals surface area contributed by atoms with Crippen LogP contribution in [0.5, 0.6) is 0 Å². The lowest BCUT2D eigenvalue weighted by atomic mass is 10.2. The number of H-pyrrole nitrogens is 2. The molecule has 0 unspecified atom stereocenters. The zero-order valence-electron chi connectivity index (χ0n) is 15.2. The Kier molecular flexibility index (Phi) is 5.27. The van der Waals surface area contributed by atoms with E-state index in [4.69, 9.17) is 4.74 Å². The van der Waals surface area contributed by atoms with E-state index in [-0.39, 0.29) is 5.97 Å². The molecule has 0 aliphatic rings. The minimum Gasteiger partial charge on any atom is -0.461 e. The summed E-state index contributed by atoms with van der Waals surface area (Å²) < 4.78 is 4.89. The van der Waals surface area contributed by atoms with Gasteiger partial charge in [0.2, 0.25) is 0 Å². The number of benzene rings is 2. The van der Waals surface area contributed by atoms with E-state index in [1.165, 1.54) is 16.6 Å². The van der Waals surface area contributed by atoms with Crippen molar-refractivity contribution in [2.45, 2.75) is 6.92 Å². The predicted molar refractivity (Wildman–Crippen MR) is 107 cm³/mol. The minimum atomic E-state index is -0.302. The van der Waals surface area contributed by atoms with Crippen molar-refractivity contribution in [3.05, 3.63) is 66.5 Å². The second-order valence-corrected chi connectivity index (χ2v) is 6.13. The molecule has 2 heterocycles. The summed E-state index contributed by atoms with van der Waals surface area (Å²) in [5.41, 5.74) is 3.89. The van der Waals surface area contributed by atoms with Crippen LogP contribution in [0.2, 0.25) is 0 Å². The fraction of sp³-hybridized carbons (Fsp3) is 0.190. The van der Waals surface area contributed by atoms with Crippen LogP contribution in [0.4, 0.5) is 5.69 Å². The summed E-state index contributed by atoms with van der Waals surface area (Å²) in [5.74, 6) is -0.302. The molecule has 0 atom stereocenters. The van der Waals surface area contributed by atoms with Crippen molar-refractivity contribution in [3.8, 4) is 0 Å². The highest BCUT2D eigenvalue weighted by Crippen LogP contribution is 2.19. The quantitative estimate of drug-likeness (QED) is 0.532. The van der Waals surface area contributed by atoms with Crippen LogP contribution in [0.3, 0.4) is 0 Å². The Morgan fingerprint density at radius 3 is 2.50 bits per heavy atom. The number of anilines is 1. The van der Waals surface area contributed by atoms with Gasteiger partial charge in [-0.25, -0.2) is 4.79 Å². The molecule has 2 N–H and O–H groups in total. The number of carbonyl (C=O) groups excluding carboxylic acids is 1. The molecule has 134 valence electrons. The number of para-hydroxylation sites is 1. The third-order valence-corrected chi connectivity index (χ3v) is 4.08. The van der Waals surface area contributed by atoms with Crippen molar-refractivity contribution >= 4 is 33.5 Å². The fourth-order valence-electron chi connectivity index (χ4n) is 2.71. The van der Waals surface area contributed by atoms with Gasteiger partial charge in [0, 0.05) is 47.8 Å². The lowest BCUT2D eigenvalue weighted by Crippen LogP contribution is -2.07. The largest absolute Gasteiger partial charge is 0.461 e. The van der Waals surface area contributed by atoms with E-state index in [2.05, 4.69) is 39.1 Å². The minimum absolute atomic E-state index is 0.302. The van der Waals surface area contributed by atoms with E-state index in [9.17, 15) is 4.79 Å². The number of rotatable bonds is 3. The molecular weight excluding hydrogens is 326 g/mol. The molecule has 0 amide bonds. The highest BCUT2D eigenvalue weighted by atomic mass is 16.5. The van der Waals surface area contributed by atoms with Gasteiger partial charge in [0.15, 0.2) is 0 Å². The summed E-state index contributed by atoms with van der Waals surface area (Å²) in [6.45, 7) is 2.19. The number of ether oxygens (including phenoxy) is 1. The maximum Gasteiger partial charge on any atom is 0.354 e. The summed E-state index contributed by atoms with van der Waals surface area (Å²) in [7, 11) is 4.10. The number of hydrogen-bond donors (Lipinski definition) is 2. The third kappa shape index (κ3) is 3.88. The van der Waals surface area contributed by atoms with Crippen molar-refractivity contribution in [3.63, 3.8) is 0 Å². The first-order valence-corrected chi connectivity index (χ1v) is 8.58. The highest BCUT2D eigenvalue weighted by molar-refractivity contribution is 5.94. The van der Waals surface area contributed by atoms with Crippen LogP contribution in [0.15, 0.2) is 60.8 Å². The number of esters is 1. The molecule has 4 rings (SSSR count). The molecule has 26 heavy (non-hydrogen) atoms. The standard InChI is InChI=1S/C11H11NO2.C10H12N2/c1-2-14-11(13)10-7-8-5-3-4-6-9(8)12-10;1-12(2)9-3-4-10-8(7-9)5-6-11-10/h3-7,12H,2H2,1H3;3-7,11H,1-2H3. The Bertz CT molecular complexity index is 981. The SMILES string of the molecule is CCOC(=O)c1cc2ccccc2[nH]1.CN(C)c1ccc2[nH]ccc2c1. The van der Waals surface area contributed by atoms with Crippen LogP contribution in [0.25, 0.3) is 21.8 Å². The van der Waals surface area contributed by atoms with Gasteiger partial charge in [-0.3, -0.25) is 0 Å². The average Bonchev–Trinajstić information content (AvgIpc) is 3.28. The Morgan fingerprint density at radius 1 is 1.00 bits per heavy atom. The molecule has 0 spiro atoms. The Balaban J connectivity index is 0.000000152. The number of aromatic amines is 2. The number of hydrogen-bond acceptors (Lipinski definition) is 3. The fourth-order valence-corrected chi connectivity index (χ4v) is 2.71. The molecule has 0 radical (unpaired) electrons.